The lowest BCUT2D eigenvalue weighted by molar-refractivity contribution is -0.147. The second-order valence-corrected chi connectivity index (χ2v) is 4.68. The zero-order valence-corrected chi connectivity index (χ0v) is 10.2. The third-order valence-corrected chi connectivity index (χ3v) is 3.15. The number of carbonyl (C=O) groups is 1. The molecule has 0 atom stereocenters. The molecule has 0 N–H and O–H groups in total. The first-order valence-corrected chi connectivity index (χ1v) is 5.84. The highest BCUT2D eigenvalue weighted by Crippen LogP contribution is 2.24. The zero-order valence-electron chi connectivity index (χ0n) is 9.43. The fourth-order valence-corrected chi connectivity index (χ4v) is 2.24. The molecule has 0 aliphatic carbocycles. The summed E-state index contributed by atoms with van der Waals surface area (Å²) in [7, 11) is 0. The lowest BCUT2D eigenvalue weighted by Crippen LogP contribution is -2.38. The first kappa shape index (κ1) is 13.4. The summed E-state index contributed by atoms with van der Waals surface area (Å²) in [6, 6.07) is 4.88. The highest BCUT2D eigenvalue weighted by Gasteiger charge is 2.32. The number of benzene rings is 1. The molecule has 0 saturated carbocycles. The van der Waals surface area contributed by atoms with Gasteiger partial charge in [0, 0.05) is 18.7 Å². The van der Waals surface area contributed by atoms with Gasteiger partial charge in [0.15, 0.2) is 0 Å². The molecule has 98 valence electrons. The summed E-state index contributed by atoms with van der Waals surface area (Å²) >= 11 is 5.36. The molecule has 0 spiro atoms. The van der Waals surface area contributed by atoms with Crippen molar-refractivity contribution in [2.75, 3.05) is 13.1 Å². The van der Waals surface area contributed by atoms with Crippen LogP contribution >= 0.6 is 11.6 Å². The molecule has 1 aromatic rings. The number of carbonyl (C=O) groups excluding carboxylic acids is 1. The van der Waals surface area contributed by atoms with E-state index in [9.17, 15) is 18.0 Å². The van der Waals surface area contributed by atoms with Gasteiger partial charge in [-0.1, -0.05) is 6.07 Å². The summed E-state index contributed by atoms with van der Waals surface area (Å²) in [5.74, 6) is 0. The van der Waals surface area contributed by atoms with Gasteiger partial charge in [0.25, 0.3) is 5.24 Å². The summed E-state index contributed by atoms with van der Waals surface area (Å²) in [5.41, 5.74) is 2.12. The SMILES string of the molecule is O=C(Cl)c1ccc2c(c1)CCN(CC(F)(F)F)C2. The van der Waals surface area contributed by atoms with Crippen molar-refractivity contribution in [3.8, 4) is 0 Å². The van der Waals surface area contributed by atoms with Gasteiger partial charge in [-0.05, 0) is 41.3 Å². The predicted molar refractivity (Wildman–Crippen MR) is 61.7 cm³/mol. The molecule has 0 saturated heterocycles. The fraction of sp³-hybridized carbons (Fsp3) is 0.417. The number of nitrogens with zero attached hydrogens (tertiary/aromatic N) is 1. The molecule has 2 nitrogen and oxygen atoms in total. The minimum Gasteiger partial charge on any atom is -0.290 e. The molecule has 1 aliphatic heterocycles. The van der Waals surface area contributed by atoms with E-state index in [1.807, 2.05) is 0 Å². The first-order chi connectivity index (χ1) is 8.35. The van der Waals surface area contributed by atoms with E-state index in [0.29, 0.717) is 18.5 Å². The van der Waals surface area contributed by atoms with E-state index in [0.717, 1.165) is 11.1 Å². The van der Waals surface area contributed by atoms with Crippen LogP contribution in [0.5, 0.6) is 0 Å². The number of fused-ring (bicyclic) bond motifs is 1. The van der Waals surface area contributed by atoms with E-state index >= 15 is 0 Å². The molecule has 0 fully saturated rings. The summed E-state index contributed by atoms with van der Waals surface area (Å²) in [4.78, 5) is 12.3. The number of rotatable bonds is 2. The van der Waals surface area contributed by atoms with Crippen LogP contribution in [-0.2, 0) is 13.0 Å². The van der Waals surface area contributed by atoms with Crippen LogP contribution in [0.4, 0.5) is 13.2 Å². The molecule has 2 rings (SSSR count). The van der Waals surface area contributed by atoms with Crippen molar-refractivity contribution >= 4 is 16.8 Å². The summed E-state index contributed by atoms with van der Waals surface area (Å²) in [6.45, 7) is -0.305. The standard InChI is InChI=1S/C12H11ClF3NO/c13-11(18)9-1-2-10-6-17(7-12(14,15)16)4-3-8(10)5-9/h1-2,5H,3-4,6-7H2. The van der Waals surface area contributed by atoms with Gasteiger partial charge in [-0.2, -0.15) is 13.2 Å². The molecule has 6 heteroatoms. The monoisotopic (exact) mass is 277 g/mol. The molecular weight excluding hydrogens is 267 g/mol. The normalized spacial score (nSPS) is 16.4. The molecule has 0 aromatic heterocycles. The van der Waals surface area contributed by atoms with E-state index < -0.39 is 18.0 Å². The van der Waals surface area contributed by atoms with Crippen LogP contribution in [0, 0.1) is 0 Å². The van der Waals surface area contributed by atoms with Crippen molar-refractivity contribution in [1.82, 2.24) is 4.90 Å². The van der Waals surface area contributed by atoms with Crippen LogP contribution in [0.1, 0.15) is 21.5 Å². The second kappa shape index (κ2) is 4.90. The average molecular weight is 278 g/mol. The maximum atomic E-state index is 12.3. The van der Waals surface area contributed by atoms with Crippen molar-refractivity contribution in [1.29, 1.82) is 0 Å². The van der Waals surface area contributed by atoms with Crippen molar-refractivity contribution in [3.05, 3.63) is 34.9 Å². The highest BCUT2D eigenvalue weighted by atomic mass is 35.5. The quantitative estimate of drug-likeness (QED) is 0.775. The Morgan fingerprint density at radius 1 is 1.33 bits per heavy atom. The Hall–Kier alpha value is -1.07. The van der Waals surface area contributed by atoms with Gasteiger partial charge in [-0.3, -0.25) is 9.69 Å². The number of hydrogen-bond donors (Lipinski definition) is 0. The summed E-state index contributed by atoms with van der Waals surface area (Å²) < 4.78 is 36.8. The first-order valence-electron chi connectivity index (χ1n) is 5.46. The highest BCUT2D eigenvalue weighted by molar-refractivity contribution is 6.67. The lowest BCUT2D eigenvalue weighted by atomic mass is 9.97. The lowest BCUT2D eigenvalue weighted by Gasteiger charge is -2.29. The third-order valence-electron chi connectivity index (χ3n) is 2.93. The Bertz CT molecular complexity index is 473. The predicted octanol–water partition coefficient (Wildman–Crippen LogP) is 2.99. The van der Waals surface area contributed by atoms with Crippen molar-refractivity contribution in [2.45, 2.75) is 19.1 Å². The summed E-state index contributed by atoms with van der Waals surface area (Å²) in [6.07, 6.45) is -3.67. The van der Waals surface area contributed by atoms with Crippen molar-refractivity contribution in [3.63, 3.8) is 0 Å². The molecule has 1 aromatic carbocycles. The van der Waals surface area contributed by atoms with E-state index in [2.05, 4.69) is 0 Å². The van der Waals surface area contributed by atoms with E-state index in [1.165, 1.54) is 4.90 Å². The average Bonchev–Trinajstić information content (AvgIpc) is 2.26. The van der Waals surface area contributed by atoms with Gasteiger partial charge in [-0.15, -0.1) is 0 Å². The Morgan fingerprint density at radius 3 is 2.67 bits per heavy atom. The molecule has 0 radical (unpaired) electrons. The summed E-state index contributed by atoms with van der Waals surface area (Å²) in [5, 5.41) is -0.546. The molecule has 0 amide bonds. The van der Waals surface area contributed by atoms with Crippen LogP contribution < -0.4 is 0 Å². The van der Waals surface area contributed by atoms with Crippen LogP contribution in [0.25, 0.3) is 0 Å². The van der Waals surface area contributed by atoms with E-state index in [1.54, 1.807) is 18.2 Å². The number of hydrogen-bond acceptors (Lipinski definition) is 2. The Morgan fingerprint density at radius 2 is 2.06 bits per heavy atom. The molecular formula is C12H11ClF3NO. The third kappa shape index (κ3) is 3.23. The zero-order chi connectivity index (χ0) is 13.3. The molecule has 0 bridgehead atoms. The number of alkyl halides is 3. The van der Waals surface area contributed by atoms with Gasteiger partial charge in [0.1, 0.15) is 0 Å². The Balaban J connectivity index is 2.13. The maximum Gasteiger partial charge on any atom is 0.401 e. The van der Waals surface area contributed by atoms with Gasteiger partial charge in [0.05, 0.1) is 6.54 Å². The van der Waals surface area contributed by atoms with Gasteiger partial charge < -0.3 is 0 Å². The Kier molecular flexibility index (Phi) is 3.64. The fourth-order valence-electron chi connectivity index (χ4n) is 2.12. The maximum absolute atomic E-state index is 12.3. The van der Waals surface area contributed by atoms with Gasteiger partial charge in [-0.25, -0.2) is 0 Å². The van der Waals surface area contributed by atoms with Crippen molar-refractivity contribution in [2.24, 2.45) is 0 Å². The van der Waals surface area contributed by atoms with Crippen LogP contribution in [0.2, 0.25) is 0 Å². The second-order valence-electron chi connectivity index (χ2n) is 4.33. The number of halogens is 4. The van der Waals surface area contributed by atoms with Crippen LogP contribution in [-0.4, -0.2) is 29.4 Å². The van der Waals surface area contributed by atoms with E-state index in [-0.39, 0.29) is 6.54 Å². The minimum atomic E-state index is -4.18. The smallest absolute Gasteiger partial charge is 0.290 e. The largest absolute Gasteiger partial charge is 0.401 e. The van der Waals surface area contributed by atoms with Crippen LogP contribution in [0.3, 0.4) is 0 Å². The molecule has 1 aliphatic rings. The van der Waals surface area contributed by atoms with Gasteiger partial charge >= 0.3 is 6.18 Å². The van der Waals surface area contributed by atoms with E-state index in [4.69, 9.17) is 11.6 Å². The van der Waals surface area contributed by atoms with Gasteiger partial charge in [0.2, 0.25) is 0 Å². The molecule has 18 heavy (non-hydrogen) atoms. The molecule has 1 heterocycles. The Labute approximate surface area is 107 Å². The van der Waals surface area contributed by atoms with Crippen molar-refractivity contribution < 1.29 is 18.0 Å². The molecule has 0 unspecified atom stereocenters. The topological polar surface area (TPSA) is 20.3 Å². The minimum absolute atomic E-state index is 0.256. The van der Waals surface area contributed by atoms with Crippen LogP contribution in [0.15, 0.2) is 18.2 Å².